The largest absolute Gasteiger partial charge is 0.338 e. The average molecular weight is 332 g/mol. The van der Waals surface area contributed by atoms with Crippen molar-refractivity contribution in [1.29, 1.82) is 0 Å². The van der Waals surface area contributed by atoms with Crippen molar-refractivity contribution in [3.63, 3.8) is 0 Å². The normalized spacial score (nSPS) is 19.4. The van der Waals surface area contributed by atoms with Crippen LogP contribution in [0.3, 0.4) is 0 Å². The first-order chi connectivity index (χ1) is 11.2. The number of nitrogens with one attached hydrogen (secondary N) is 1. The third-order valence-electron chi connectivity index (χ3n) is 4.86. The van der Waals surface area contributed by atoms with Crippen LogP contribution >= 0.6 is 11.3 Å². The maximum absolute atomic E-state index is 13.3. The molecule has 1 saturated heterocycles. The Morgan fingerprint density at radius 3 is 2.74 bits per heavy atom. The number of benzene rings is 1. The molecular weight excluding hydrogens is 311 g/mol. The Kier molecular flexibility index (Phi) is 4.07. The van der Waals surface area contributed by atoms with Crippen LogP contribution in [0.25, 0.3) is 10.1 Å². The lowest BCUT2D eigenvalue weighted by atomic mass is 10.0. The molecule has 1 saturated carbocycles. The highest BCUT2D eigenvalue weighted by Crippen LogP contribution is 2.29. The molecular formula is C18H21FN2OS. The number of piperidine rings is 1. The Morgan fingerprint density at radius 1 is 1.22 bits per heavy atom. The summed E-state index contributed by atoms with van der Waals surface area (Å²) in [5.74, 6) is 0.734. The van der Waals surface area contributed by atoms with E-state index in [9.17, 15) is 9.18 Å². The Hall–Kier alpha value is -1.46. The Bertz CT molecular complexity index is 717. The molecule has 5 heteroatoms. The molecule has 1 amide bonds. The molecule has 2 heterocycles. The fourth-order valence-electron chi connectivity index (χ4n) is 3.22. The lowest BCUT2D eigenvalue weighted by molar-refractivity contribution is 0.0710. The van der Waals surface area contributed by atoms with E-state index in [4.69, 9.17) is 0 Å². The van der Waals surface area contributed by atoms with E-state index in [1.54, 1.807) is 6.07 Å². The summed E-state index contributed by atoms with van der Waals surface area (Å²) >= 11 is 1.46. The van der Waals surface area contributed by atoms with Crippen molar-refractivity contribution in [2.24, 2.45) is 5.92 Å². The van der Waals surface area contributed by atoms with Crippen molar-refractivity contribution in [2.75, 3.05) is 19.6 Å². The van der Waals surface area contributed by atoms with Crippen LogP contribution in [0.15, 0.2) is 24.3 Å². The number of hydrogen-bond acceptors (Lipinski definition) is 3. The monoisotopic (exact) mass is 332 g/mol. The van der Waals surface area contributed by atoms with Gasteiger partial charge in [-0.1, -0.05) is 0 Å². The number of rotatable bonds is 4. The minimum absolute atomic E-state index is 0.0900. The quantitative estimate of drug-likeness (QED) is 0.927. The maximum Gasteiger partial charge on any atom is 0.263 e. The molecule has 3 nitrogen and oxygen atoms in total. The van der Waals surface area contributed by atoms with Gasteiger partial charge in [-0.05, 0) is 67.8 Å². The van der Waals surface area contributed by atoms with Crippen LogP contribution in [0, 0.1) is 11.7 Å². The molecule has 23 heavy (non-hydrogen) atoms. The number of amides is 1. The van der Waals surface area contributed by atoms with Crippen LogP contribution in [0.2, 0.25) is 0 Å². The molecule has 1 aromatic heterocycles. The minimum Gasteiger partial charge on any atom is -0.338 e. The van der Waals surface area contributed by atoms with Crippen LogP contribution in [-0.2, 0) is 0 Å². The van der Waals surface area contributed by atoms with Crippen molar-refractivity contribution in [3.05, 3.63) is 35.0 Å². The molecule has 1 aliphatic heterocycles. The smallest absolute Gasteiger partial charge is 0.263 e. The van der Waals surface area contributed by atoms with Crippen LogP contribution in [0.1, 0.15) is 35.4 Å². The zero-order chi connectivity index (χ0) is 15.8. The number of thiophene rings is 1. The summed E-state index contributed by atoms with van der Waals surface area (Å²) in [6.07, 6.45) is 4.80. The minimum atomic E-state index is -0.253. The first-order valence-electron chi connectivity index (χ1n) is 8.41. The zero-order valence-electron chi connectivity index (χ0n) is 13.1. The molecule has 1 aliphatic carbocycles. The molecule has 1 aromatic carbocycles. The molecule has 0 atom stereocenters. The fourth-order valence-corrected chi connectivity index (χ4v) is 4.23. The lowest BCUT2D eigenvalue weighted by Gasteiger charge is -2.32. The van der Waals surface area contributed by atoms with E-state index < -0.39 is 0 Å². The van der Waals surface area contributed by atoms with Gasteiger partial charge in [0.2, 0.25) is 0 Å². The molecule has 2 aromatic rings. The van der Waals surface area contributed by atoms with Gasteiger partial charge in [-0.2, -0.15) is 0 Å². The van der Waals surface area contributed by atoms with E-state index >= 15 is 0 Å². The van der Waals surface area contributed by atoms with Gasteiger partial charge in [0.25, 0.3) is 5.91 Å². The van der Waals surface area contributed by atoms with Crippen LogP contribution < -0.4 is 5.32 Å². The lowest BCUT2D eigenvalue weighted by Crippen LogP contribution is -2.45. The molecule has 122 valence electrons. The van der Waals surface area contributed by atoms with Gasteiger partial charge in [0.1, 0.15) is 5.82 Å². The summed E-state index contributed by atoms with van der Waals surface area (Å²) in [7, 11) is 0. The number of carbonyl (C=O) groups excluding carboxylic acids is 1. The number of nitrogens with zero attached hydrogens (tertiary/aromatic N) is 1. The number of hydrogen-bond donors (Lipinski definition) is 1. The maximum atomic E-state index is 13.3. The number of likely N-dealkylation sites (tertiary alicyclic amines) is 1. The fraction of sp³-hybridized carbons (Fsp3) is 0.500. The first kappa shape index (κ1) is 15.1. The second-order valence-corrected chi connectivity index (χ2v) is 7.79. The van der Waals surface area contributed by atoms with Gasteiger partial charge in [-0.3, -0.25) is 4.79 Å². The molecule has 0 bridgehead atoms. The molecule has 2 aliphatic rings. The number of fused-ring (bicyclic) bond motifs is 1. The van der Waals surface area contributed by atoms with Gasteiger partial charge in [-0.25, -0.2) is 4.39 Å². The number of halogens is 1. The van der Waals surface area contributed by atoms with Crippen molar-refractivity contribution in [3.8, 4) is 0 Å². The average Bonchev–Trinajstić information content (AvgIpc) is 3.30. The Balaban J connectivity index is 1.38. The van der Waals surface area contributed by atoms with E-state index in [1.807, 2.05) is 11.0 Å². The van der Waals surface area contributed by atoms with E-state index in [0.717, 1.165) is 53.4 Å². The SMILES string of the molecule is O=C(c1cc2cc(F)ccc2s1)N1CCC(NCC2CC2)CC1. The predicted octanol–water partition coefficient (Wildman–Crippen LogP) is 3.64. The molecule has 4 rings (SSSR count). The summed E-state index contributed by atoms with van der Waals surface area (Å²) in [5.41, 5.74) is 0. The molecule has 0 unspecified atom stereocenters. The van der Waals surface area contributed by atoms with E-state index in [-0.39, 0.29) is 11.7 Å². The molecule has 2 fully saturated rings. The Morgan fingerprint density at radius 2 is 2.00 bits per heavy atom. The van der Waals surface area contributed by atoms with Crippen LogP contribution in [0.5, 0.6) is 0 Å². The van der Waals surface area contributed by atoms with Crippen LogP contribution in [0.4, 0.5) is 4.39 Å². The topological polar surface area (TPSA) is 32.3 Å². The highest BCUT2D eigenvalue weighted by molar-refractivity contribution is 7.20. The van der Waals surface area contributed by atoms with Gasteiger partial charge in [0, 0.05) is 23.8 Å². The molecule has 0 radical (unpaired) electrons. The van der Waals surface area contributed by atoms with E-state index in [0.29, 0.717) is 6.04 Å². The summed E-state index contributed by atoms with van der Waals surface area (Å²) in [6, 6.07) is 7.07. The van der Waals surface area contributed by atoms with Gasteiger partial charge in [0.15, 0.2) is 0 Å². The highest BCUT2D eigenvalue weighted by Gasteiger charge is 2.27. The summed E-state index contributed by atoms with van der Waals surface area (Å²) in [5, 5.41) is 4.45. The third-order valence-corrected chi connectivity index (χ3v) is 5.97. The van der Waals surface area contributed by atoms with E-state index in [2.05, 4.69) is 5.32 Å². The van der Waals surface area contributed by atoms with Gasteiger partial charge in [-0.15, -0.1) is 11.3 Å². The zero-order valence-corrected chi connectivity index (χ0v) is 13.9. The number of carbonyl (C=O) groups is 1. The molecule has 0 spiro atoms. The van der Waals surface area contributed by atoms with Crippen molar-refractivity contribution >= 4 is 27.3 Å². The highest BCUT2D eigenvalue weighted by atomic mass is 32.1. The second-order valence-electron chi connectivity index (χ2n) is 6.71. The van der Waals surface area contributed by atoms with E-state index in [1.165, 1.54) is 36.3 Å². The van der Waals surface area contributed by atoms with Crippen molar-refractivity contribution in [1.82, 2.24) is 10.2 Å². The summed E-state index contributed by atoms with van der Waals surface area (Å²) in [4.78, 5) is 15.3. The summed E-state index contributed by atoms with van der Waals surface area (Å²) < 4.78 is 14.2. The summed E-state index contributed by atoms with van der Waals surface area (Å²) in [6.45, 7) is 2.76. The first-order valence-corrected chi connectivity index (χ1v) is 9.22. The van der Waals surface area contributed by atoms with Gasteiger partial charge < -0.3 is 10.2 Å². The second kappa shape index (κ2) is 6.21. The van der Waals surface area contributed by atoms with Crippen molar-refractivity contribution < 1.29 is 9.18 Å². The van der Waals surface area contributed by atoms with Gasteiger partial charge in [0.05, 0.1) is 4.88 Å². The molecule has 1 N–H and O–H groups in total. The Labute approximate surface area is 139 Å². The third kappa shape index (κ3) is 3.40. The van der Waals surface area contributed by atoms with Gasteiger partial charge >= 0.3 is 0 Å². The van der Waals surface area contributed by atoms with Crippen LogP contribution in [-0.4, -0.2) is 36.5 Å². The predicted molar refractivity (Wildman–Crippen MR) is 91.4 cm³/mol. The standard InChI is InChI=1S/C18H21FN2OS/c19-14-3-4-16-13(9-14)10-17(23-16)18(22)21-7-5-15(6-8-21)20-11-12-1-2-12/h3-4,9-10,12,15,20H,1-2,5-8,11H2. The van der Waals surface area contributed by atoms with Crippen molar-refractivity contribution in [2.45, 2.75) is 31.7 Å².